The van der Waals surface area contributed by atoms with Crippen molar-refractivity contribution in [3.05, 3.63) is 54.4 Å². The van der Waals surface area contributed by atoms with Crippen molar-refractivity contribution in [3.63, 3.8) is 0 Å². The minimum absolute atomic E-state index is 0.0736. The van der Waals surface area contributed by atoms with Crippen LogP contribution in [-0.4, -0.2) is 23.2 Å². The SMILES string of the molecule is COc1ccc(-c2nnc(COc3cccc(NC(=O)C4CCC4)c3)o2)cc1. The molecule has 0 bridgehead atoms. The van der Waals surface area contributed by atoms with Crippen LogP contribution in [0.2, 0.25) is 0 Å². The number of benzene rings is 2. The van der Waals surface area contributed by atoms with E-state index in [9.17, 15) is 4.79 Å². The Bertz CT molecular complexity index is 948. The molecule has 144 valence electrons. The van der Waals surface area contributed by atoms with Gasteiger partial charge in [0.2, 0.25) is 11.8 Å². The third-order valence-corrected chi connectivity index (χ3v) is 4.74. The quantitative estimate of drug-likeness (QED) is 0.666. The van der Waals surface area contributed by atoms with Crippen molar-refractivity contribution in [2.45, 2.75) is 25.9 Å². The minimum atomic E-state index is 0.0736. The van der Waals surface area contributed by atoms with Gasteiger partial charge in [0.05, 0.1) is 7.11 Å². The number of rotatable bonds is 7. The van der Waals surface area contributed by atoms with Crippen molar-refractivity contribution in [3.8, 4) is 23.0 Å². The molecule has 28 heavy (non-hydrogen) atoms. The summed E-state index contributed by atoms with van der Waals surface area (Å²) in [6.45, 7) is 0.142. The van der Waals surface area contributed by atoms with Crippen molar-refractivity contribution in [2.75, 3.05) is 12.4 Å². The molecule has 0 radical (unpaired) electrons. The average molecular weight is 379 g/mol. The Morgan fingerprint density at radius 2 is 1.96 bits per heavy atom. The fourth-order valence-electron chi connectivity index (χ4n) is 2.89. The summed E-state index contributed by atoms with van der Waals surface area (Å²) >= 11 is 0. The Kier molecular flexibility index (Phi) is 5.23. The molecular weight excluding hydrogens is 358 g/mol. The molecule has 1 aliphatic carbocycles. The van der Waals surface area contributed by atoms with Crippen molar-refractivity contribution in [2.24, 2.45) is 5.92 Å². The van der Waals surface area contributed by atoms with Gasteiger partial charge in [0.1, 0.15) is 11.5 Å². The van der Waals surface area contributed by atoms with Gasteiger partial charge >= 0.3 is 0 Å². The molecule has 4 rings (SSSR count). The number of amides is 1. The largest absolute Gasteiger partial charge is 0.497 e. The first-order valence-electron chi connectivity index (χ1n) is 9.22. The fraction of sp³-hybridized carbons (Fsp3) is 0.286. The van der Waals surface area contributed by atoms with Crippen LogP contribution < -0.4 is 14.8 Å². The van der Waals surface area contributed by atoms with Crippen LogP contribution in [0.4, 0.5) is 5.69 Å². The smallest absolute Gasteiger partial charge is 0.254 e. The van der Waals surface area contributed by atoms with E-state index in [-0.39, 0.29) is 18.4 Å². The standard InChI is InChI=1S/C21H21N3O4/c1-26-17-10-8-15(9-11-17)21-24-23-19(28-21)13-27-18-7-3-6-16(12-18)22-20(25)14-4-2-5-14/h3,6-12,14H,2,4-5,13H2,1H3,(H,22,25). The first kappa shape index (κ1) is 18.0. The second-order valence-corrected chi connectivity index (χ2v) is 6.66. The van der Waals surface area contributed by atoms with Crippen LogP contribution in [0, 0.1) is 5.92 Å². The number of carbonyl (C=O) groups excluding carboxylic acids is 1. The van der Waals surface area contributed by atoms with E-state index in [0.717, 1.165) is 36.3 Å². The van der Waals surface area contributed by atoms with Crippen LogP contribution in [0.5, 0.6) is 11.5 Å². The summed E-state index contributed by atoms with van der Waals surface area (Å²) in [7, 11) is 1.62. The Balaban J connectivity index is 1.36. The molecular formula is C21H21N3O4. The number of methoxy groups -OCH3 is 1. The van der Waals surface area contributed by atoms with E-state index in [4.69, 9.17) is 13.9 Å². The predicted octanol–water partition coefficient (Wildman–Crippen LogP) is 4.06. The molecule has 1 fully saturated rings. The molecule has 7 heteroatoms. The lowest BCUT2D eigenvalue weighted by Crippen LogP contribution is -2.27. The highest BCUT2D eigenvalue weighted by molar-refractivity contribution is 5.93. The number of nitrogens with one attached hydrogen (secondary N) is 1. The summed E-state index contributed by atoms with van der Waals surface area (Å²) < 4.78 is 16.5. The van der Waals surface area contributed by atoms with Crippen LogP contribution in [0.3, 0.4) is 0 Å². The second kappa shape index (κ2) is 8.12. The molecule has 1 N–H and O–H groups in total. The van der Waals surface area contributed by atoms with Crippen molar-refractivity contribution in [1.29, 1.82) is 0 Å². The number of carbonyl (C=O) groups is 1. The summed E-state index contributed by atoms with van der Waals surface area (Å²) in [5, 5.41) is 11.0. The van der Waals surface area contributed by atoms with Gasteiger partial charge in [0.15, 0.2) is 6.61 Å². The van der Waals surface area contributed by atoms with Crippen LogP contribution in [0.1, 0.15) is 25.2 Å². The molecule has 0 unspecified atom stereocenters. The van der Waals surface area contributed by atoms with E-state index in [1.165, 1.54) is 0 Å². The highest BCUT2D eigenvalue weighted by atomic mass is 16.5. The number of ether oxygens (including phenoxy) is 2. The fourth-order valence-corrected chi connectivity index (χ4v) is 2.89. The van der Waals surface area contributed by atoms with E-state index in [1.54, 1.807) is 13.2 Å². The first-order chi connectivity index (χ1) is 13.7. The first-order valence-corrected chi connectivity index (χ1v) is 9.22. The maximum Gasteiger partial charge on any atom is 0.254 e. The van der Waals surface area contributed by atoms with E-state index < -0.39 is 0 Å². The zero-order valence-electron chi connectivity index (χ0n) is 15.6. The van der Waals surface area contributed by atoms with Crippen LogP contribution in [0.25, 0.3) is 11.5 Å². The summed E-state index contributed by atoms with van der Waals surface area (Å²) in [6, 6.07) is 14.7. The van der Waals surface area contributed by atoms with E-state index in [1.807, 2.05) is 42.5 Å². The second-order valence-electron chi connectivity index (χ2n) is 6.66. The molecule has 1 aliphatic rings. The molecule has 0 aliphatic heterocycles. The topological polar surface area (TPSA) is 86.5 Å². The summed E-state index contributed by atoms with van der Waals surface area (Å²) in [5.41, 5.74) is 1.53. The summed E-state index contributed by atoms with van der Waals surface area (Å²) in [4.78, 5) is 12.1. The lowest BCUT2D eigenvalue weighted by atomic mass is 9.85. The molecule has 0 spiro atoms. The third kappa shape index (κ3) is 4.14. The molecule has 7 nitrogen and oxygen atoms in total. The monoisotopic (exact) mass is 379 g/mol. The van der Waals surface area contributed by atoms with E-state index in [2.05, 4.69) is 15.5 Å². The van der Waals surface area contributed by atoms with Gasteiger partial charge in [-0.3, -0.25) is 4.79 Å². The van der Waals surface area contributed by atoms with Crippen molar-refractivity contribution < 1.29 is 18.7 Å². The number of aromatic nitrogens is 2. The zero-order chi connectivity index (χ0) is 19.3. The van der Waals surface area contributed by atoms with Gasteiger partial charge in [-0.1, -0.05) is 12.5 Å². The molecule has 0 atom stereocenters. The van der Waals surface area contributed by atoms with Crippen LogP contribution >= 0.6 is 0 Å². The maximum absolute atomic E-state index is 12.1. The zero-order valence-corrected chi connectivity index (χ0v) is 15.6. The van der Waals surface area contributed by atoms with Gasteiger partial charge in [0, 0.05) is 23.2 Å². The molecule has 0 saturated heterocycles. The maximum atomic E-state index is 12.1. The number of nitrogens with zero attached hydrogens (tertiary/aromatic N) is 2. The Morgan fingerprint density at radius 1 is 1.14 bits per heavy atom. The third-order valence-electron chi connectivity index (χ3n) is 4.74. The van der Waals surface area contributed by atoms with Crippen molar-refractivity contribution >= 4 is 11.6 Å². The normalized spacial score (nSPS) is 13.6. The number of hydrogen-bond acceptors (Lipinski definition) is 6. The minimum Gasteiger partial charge on any atom is -0.497 e. The van der Waals surface area contributed by atoms with Gasteiger partial charge in [0.25, 0.3) is 5.89 Å². The predicted molar refractivity (Wildman–Crippen MR) is 103 cm³/mol. The number of hydrogen-bond donors (Lipinski definition) is 1. The molecule has 1 saturated carbocycles. The average Bonchev–Trinajstić information content (AvgIpc) is 3.14. The highest BCUT2D eigenvalue weighted by Gasteiger charge is 2.25. The molecule has 1 aromatic heterocycles. The van der Waals surface area contributed by atoms with Gasteiger partial charge in [-0.2, -0.15) is 0 Å². The van der Waals surface area contributed by atoms with Crippen LogP contribution in [-0.2, 0) is 11.4 Å². The molecule has 1 amide bonds. The Hall–Kier alpha value is -3.35. The molecule has 2 aromatic carbocycles. The van der Waals surface area contributed by atoms with Gasteiger partial charge in [-0.15, -0.1) is 10.2 Å². The number of anilines is 1. The summed E-state index contributed by atoms with van der Waals surface area (Å²) in [5.74, 6) is 2.38. The lowest BCUT2D eigenvalue weighted by Gasteiger charge is -2.24. The van der Waals surface area contributed by atoms with E-state index in [0.29, 0.717) is 17.5 Å². The summed E-state index contributed by atoms with van der Waals surface area (Å²) in [6.07, 6.45) is 3.06. The van der Waals surface area contributed by atoms with Gasteiger partial charge in [-0.05, 0) is 49.2 Å². The Morgan fingerprint density at radius 3 is 2.68 bits per heavy atom. The molecule has 1 heterocycles. The van der Waals surface area contributed by atoms with Crippen LogP contribution in [0.15, 0.2) is 52.9 Å². The Labute approximate surface area is 162 Å². The van der Waals surface area contributed by atoms with Gasteiger partial charge in [-0.25, -0.2) is 0 Å². The van der Waals surface area contributed by atoms with Gasteiger partial charge < -0.3 is 19.2 Å². The van der Waals surface area contributed by atoms with Crippen molar-refractivity contribution in [1.82, 2.24) is 10.2 Å². The lowest BCUT2D eigenvalue weighted by molar-refractivity contribution is -0.122. The highest BCUT2D eigenvalue weighted by Crippen LogP contribution is 2.28. The van der Waals surface area contributed by atoms with E-state index >= 15 is 0 Å². The molecule has 3 aromatic rings.